The van der Waals surface area contributed by atoms with Crippen LogP contribution in [0, 0.1) is 5.92 Å². The first kappa shape index (κ1) is 13.8. The summed E-state index contributed by atoms with van der Waals surface area (Å²) < 4.78 is 26.2. The molecule has 1 fully saturated rings. The first-order valence-corrected chi connectivity index (χ1v) is 8.29. The first-order chi connectivity index (χ1) is 8.55. The van der Waals surface area contributed by atoms with Gasteiger partial charge in [-0.25, -0.2) is 13.1 Å². The van der Waals surface area contributed by atoms with Crippen LogP contribution in [-0.4, -0.2) is 26.1 Å². The summed E-state index contributed by atoms with van der Waals surface area (Å²) in [4.78, 5) is 0. The number of hydrogen-bond acceptors (Lipinski definition) is 2. The van der Waals surface area contributed by atoms with Gasteiger partial charge in [0.05, 0.1) is 5.75 Å². The van der Waals surface area contributed by atoms with Crippen LogP contribution in [0.1, 0.15) is 18.4 Å². The molecule has 1 aliphatic carbocycles. The fraction of sp³-hybridized carbons (Fsp3) is 0.538. The highest BCUT2D eigenvalue weighted by Gasteiger charge is 2.27. The molecule has 1 aliphatic rings. The third kappa shape index (κ3) is 4.26. The van der Waals surface area contributed by atoms with Crippen molar-refractivity contribution in [1.29, 1.82) is 0 Å². The van der Waals surface area contributed by atoms with Crippen LogP contribution < -0.4 is 4.72 Å². The lowest BCUT2D eigenvalue weighted by atomic mass is 9.85. The molecule has 1 aromatic carbocycles. The summed E-state index contributed by atoms with van der Waals surface area (Å²) in [5.74, 6) is 0.563. The van der Waals surface area contributed by atoms with Gasteiger partial charge in [0, 0.05) is 11.9 Å². The minimum atomic E-state index is -3.16. The van der Waals surface area contributed by atoms with Crippen LogP contribution in [-0.2, 0) is 16.4 Å². The number of nitrogens with one attached hydrogen (secondary N) is 1. The Balaban J connectivity index is 1.74. The monoisotopic (exact) mass is 287 g/mol. The summed E-state index contributed by atoms with van der Waals surface area (Å²) in [6, 6.07) is 9.66. The van der Waals surface area contributed by atoms with Crippen LogP contribution in [0.5, 0.6) is 0 Å². The summed E-state index contributed by atoms with van der Waals surface area (Å²) in [6.07, 6.45) is 2.39. The maximum absolute atomic E-state index is 11.8. The Morgan fingerprint density at radius 1 is 1.22 bits per heavy atom. The van der Waals surface area contributed by atoms with Crippen molar-refractivity contribution in [2.24, 2.45) is 5.92 Å². The van der Waals surface area contributed by atoms with E-state index in [1.54, 1.807) is 0 Å². The summed E-state index contributed by atoms with van der Waals surface area (Å²) in [5.41, 5.74) is 1.05. The molecular formula is C13H18ClNO2S. The lowest BCUT2D eigenvalue weighted by molar-refractivity contribution is 0.324. The first-order valence-electron chi connectivity index (χ1n) is 6.20. The van der Waals surface area contributed by atoms with Crippen molar-refractivity contribution in [3.8, 4) is 0 Å². The lowest BCUT2D eigenvalue weighted by Gasteiger charge is -2.30. The molecule has 0 aliphatic heterocycles. The van der Waals surface area contributed by atoms with Crippen molar-refractivity contribution in [3.05, 3.63) is 35.9 Å². The summed E-state index contributed by atoms with van der Waals surface area (Å²) in [5, 5.41) is 0.240. The highest BCUT2D eigenvalue weighted by molar-refractivity contribution is 7.89. The van der Waals surface area contributed by atoms with Gasteiger partial charge < -0.3 is 0 Å². The second-order valence-electron chi connectivity index (χ2n) is 4.84. The van der Waals surface area contributed by atoms with E-state index in [1.807, 2.05) is 30.3 Å². The Morgan fingerprint density at radius 3 is 2.50 bits per heavy atom. The topological polar surface area (TPSA) is 46.2 Å². The Morgan fingerprint density at radius 2 is 1.89 bits per heavy atom. The van der Waals surface area contributed by atoms with Crippen molar-refractivity contribution >= 4 is 21.6 Å². The molecule has 0 saturated heterocycles. The maximum atomic E-state index is 11.8. The van der Waals surface area contributed by atoms with Crippen molar-refractivity contribution in [2.45, 2.75) is 24.6 Å². The molecular weight excluding hydrogens is 270 g/mol. The number of aryl methyl sites for hydroxylation is 1. The van der Waals surface area contributed by atoms with Gasteiger partial charge in [0.1, 0.15) is 0 Å². The van der Waals surface area contributed by atoms with Crippen LogP contribution in [0.25, 0.3) is 0 Å². The normalized spacial score (nSPS) is 23.6. The second-order valence-corrected chi connectivity index (χ2v) is 7.38. The third-order valence-electron chi connectivity index (χ3n) is 3.27. The predicted molar refractivity (Wildman–Crippen MR) is 74.3 cm³/mol. The SMILES string of the molecule is O=S(=O)(CCc1ccccc1)NCC1CC(Cl)C1. The molecule has 0 heterocycles. The molecule has 0 amide bonds. The predicted octanol–water partition coefficient (Wildman–Crippen LogP) is 2.17. The molecule has 5 heteroatoms. The molecule has 0 atom stereocenters. The quantitative estimate of drug-likeness (QED) is 0.815. The standard InChI is InChI=1S/C13H18ClNO2S/c14-13-8-12(9-13)10-15-18(16,17)7-6-11-4-2-1-3-5-11/h1-5,12-13,15H,6-10H2. The van der Waals surface area contributed by atoms with E-state index in [-0.39, 0.29) is 11.1 Å². The van der Waals surface area contributed by atoms with Crippen LogP contribution in [0.2, 0.25) is 0 Å². The van der Waals surface area contributed by atoms with Crippen LogP contribution in [0.3, 0.4) is 0 Å². The van der Waals surface area contributed by atoms with Crippen molar-refractivity contribution < 1.29 is 8.42 Å². The lowest BCUT2D eigenvalue weighted by Crippen LogP contribution is -2.37. The zero-order chi connectivity index (χ0) is 13.0. The van der Waals surface area contributed by atoms with Gasteiger partial charge in [-0.15, -0.1) is 11.6 Å². The van der Waals surface area contributed by atoms with E-state index in [4.69, 9.17) is 11.6 Å². The Kier molecular flexibility index (Phi) is 4.65. The molecule has 1 saturated carbocycles. The Hall–Kier alpha value is -0.580. The van der Waals surface area contributed by atoms with Crippen molar-refractivity contribution in [3.63, 3.8) is 0 Å². The number of hydrogen-bond donors (Lipinski definition) is 1. The fourth-order valence-electron chi connectivity index (χ4n) is 2.03. The maximum Gasteiger partial charge on any atom is 0.211 e. The van der Waals surface area contributed by atoms with Gasteiger partial charge in [0.2, 0.25) is 10.0 Å². The van der Waals surface area contributed by atoms with E-state index in [2.05, 4.69) is 4.72 Å². The molecule has 0 aromatic heterocycles. The fourth-order valence-corrected chi connectivity index (χ4v) is 3.68. The number of sulfonamides is 1. The molecule has 1 aromatic rings. The molecule has 0 bridgehead atoms. The van der Waals surface area contributed by atoms with E-state index in [1.165, 1.54) is 0 Å². The Bertz CT molecular complexity index is 469. The smallest absolute Gasteiger partial charge is 0.211 e. The van der Waals surface area contributed by atoms with Gasteiger partial charge in [-0.1, -0.05) is 30.3 Å². The number of benzene rings is 1. The summed E-state index contributed by atoms with van der Waals surface area (Å²) in [6.45, 7) is 0.528. The minimum absolute atomic E-state index is 0.147. The second kappa shape index (κ2) is 6.04. The molecule has 2 rings (SSSR count). The van der Waals surface area contributed by atoms with Gasteiger partial charge in [0.25, 0.3) is 0 Å². The highest BCUT2D eigenvalue weighted by atomic mass is 35.5. The number of alkyl halides is 1. The largest absolute Gasteiger partial charge is 0.215 e. The molecule has 3 nitrogen and oxygen atoms in total. The van der Waals surface area contributed by atoms with E-state index >= 15 is 0 Å². The molecule has 1 N–H and O–H groups in total. The molecule has 100 valence electrons. The summed E-state index contributed by atoms with van der Waals surface area (Å²) in [7, 11) is -3.16. The van der Waals surface area contributed by atoms with Crippen LogP contribution in [0.15, 0.2) is 30.3 Å². The van der Waals surface area contributed by atoms with E-state index < -0.39 is 10.0 Å². The van der Waals surface area contributed by atoms with Gasteiger partial charge in [0.15, 0.2) is 0 Å². The zero-order valence-corrected chi connectivity index (χ0v) is 11.8. The molecule has 18 heavy (non-hydrogen) atoms. The van der Waals surface area contributed by atoms with Gasteiger partial charge in [-0.05, 0) is 30.7 Å². The van der Waals surface area contributed by atoms with Crippen LogP contribution >= 0.6 is 11.6 Å². The molecule has 0 radical (unpaired) electrons. The van der Waals surface area contributed by atoms with Crippen LogP contribution in [0.4, 0.5) is 0 Å². The molecule has 0 unspecified atom stereocenters. The third-order valence-corrected chi connectivity index (χ3v) is 4.98. The van der Waals surface area contributed by atoms with Gasteiger partial charge >= 0.3 is 0 Å². The van der Waals surface area contributed by atoms with E-state index in [0.717, 1.165) is 18.4 Å². The zero-order valence-electron chi connectivity index (χ0n) is 10.2. The van der Waals surface area contributed by atoms with Crippen molar-refractivity contribution in [2.75, 3.05) is 12.3 Å². The highest BCUT2D eigenvalue weighted by Crippen LogP contribution is 2.31. The number of halogens is 1. The molecule has 0 spiro atoms. The van der Waals surface area contributed by atoms with E-state index in [9.17, 15) is 8.42 Å². The average Bonchev–Trinajstić information content (AvgIpc) is 2.32. The van der Waals surface area contributed by atoms with Crippen molar-refractivity contribution in [1.82, 2.24) is 4.72 Å². The van der Waals surface area contributed by atoms with Gasteiger partial charge in [-0.2, -0.15) is 0 Å². The minimum Gasteiger partial charge on any atom is -0.215 e. The van der Waals surface area contributed by atoms with E-state index in [0.29, 0.717) is 18.9 Å². The average molecular weight is 288 g/mol. The van der Waals surface area contributed by atoms with Gasteiger partial charge in [-0.3, -0.25) is 0 Å². The number of rotatable bonds is 6. The summed E-state index contributed by atoms with van der Waals surface area (Å²) >= 11 is 5.86. The Labute approximate surface area is 114 Å².